The first kappa shape index (κ1) is 16.9. The molecule has 0 unspecified atom stereocenters. The number of nitrogens with one attached hydrogen (secondary N) is 2. The molecule has 1 amide bonds. The summed E-state index contributed by atoms with van der Waals surface area (Å²) in [6.45, 7) is 2.96. The number of aromatic nitrogens is 3. The number of fused-ring (bicyclic) bond motifs is 2. The number of aromatic amines is 1. The van der Waals surface area contributed by atoms with Crippen molar-refractivity contribution in [1.82, 2.24) is 20.0 Å². The van der Waals surface area contributed by atoms with Crippen LogP contribution in [0.1, 0.15) is 40.8 Å². The number of hydrogen-bond acceptors (Lipinski definition) is 5. The van der Waals surface area contributed by atoms with Gasteiger partial charge in [-0.25, -0.2) is 4.98 Å². The molecule has 2 aromatic heterocycles. The van der Waals surface area contributed by atoms with E-state index in [1.54, 1.807) is 18.2 Å². The summed E-state index contributed by atoms with van der Waals surface area (Å²) < 4.78 is 5.21. The van der Waals surface area contributed by atoms with Crippen LogP contribution in [0.25, 0.3) is 22.0 Å². The summed E-state index contributed by atoms with van der Waals surface area (Å²) >= 11 is 0. The maximum absolute atomic E-state index is 12.7. The second-order valence-electron chi connectivity index (χ2n) is 7.43. The molecule has 1 saturated heterocycles. The highest BCUT2D eigenvalue weighted by atomic mass is 16.5. The van der Waals surface area contributed by atoms with Crippen LogP contribution >= 0.6 is 0 Å². The van der Waals surface area contributed by atoms with E-state index in [0.29, 0.717) is 17.2 Å². The zero-order valence-corrected chi connectivity index (χ0v) is 15.8. The van der Waals surface area contributed by atoms with Crippen LogP contribution in [0.4, 0.5) is 5.69 Å². The van der Waals surface area contributed by atoms with Gasteiger partial charge in [0.25, 0.3) is 5.91 Å². The molecule has 28 heavy (non-hydrogen) atoms. The van der Waals surface area contributed by atoms with Crippen molar-refractivity contribution in [2.75, 3.05) is 18.9 Å². The van der Waals surface area contributed by atoms with Gasteiger partial charge in [0.05, 0.1) is 22.8 Å². The van der Waals surface area contributed by atoms with Crippen molar-refractivity contribution in [3.63, 3.8) is 0 Å². The summed E-state index contributed by atoms with van der Waals surface area (Å²) in [7, 11) is 2.13. The van der Waals surface area contributed by atoms with Gasteiger partial charge in [0.1, 0.15) is 5.82 Å². The highest BCUT2D eigenvalue weighted by molar-refractivity contribution is 6.06. The van der Waals surface area contributed by atoms with Crippen molar-refractivity contribution in [2.24, 2.45) is 0 Å². The third-order valence-corrected chi connectivity index (χ3v) is 5.51. The van der Waals surface area contributed by atoms with Crippen LogP contribution in [0.3, 0.4) is 0 Å². The molecule has 7 heteroatoms. The SMILES string of the molecule is Cc1noc2ccc(C(=O)Nc3ccc4nc([C@H]5CCCN5C)[nH]c4c3)cc12. The second-order valence-corrected chi connectivity index (χ2v) is 7.43. The normalized spacial score (nSPS) is 17.6. The molecule has 1 atom stereocenters. The molecule has 142 valence electrons. The number of carbonyl (C=O) groups is 1. The minimum absolute atomic E-state index is 0.169. The number of aryl methyl sites for hydroxylation is 1. The summed E-state index contributed by atoms with van der Waals surface area (Å²) in [4.78, 5) is 23.2. The lowest BCUT2D eigenvalue weighted by Gasteiger charge is -2.16. The summed E-state index contributed by atoms with van der Waals surface area (Å²) in [6.07, 6.45) is 2.31. The Balaban J connectivity index is 1.40. The summed E-state index contributed by atoms with van der Waals surface area (Å²) in [6, 6.07) is 11.4. The molecule has 7 nitrogen and oxygen atoms in total. The first-order valence-corrected chi connectivity index (χ1v) is 9.46. The van der Waals surface area contributed by atoms with Crippen LogP contribution in [0, 0.1) is 6.92 Å². The predicted molar refractivity (Wildman–Crippen MR) is 107 cm³/mol. The van der Waals surface area contributed by atoms with Crippen LogP contribution in [-0.2, 0) is 0 Å². The zero-order valence-electron chi connectivity index (χ0n) is 15.8. The van der Waals surface area contributed by atoms with Crippen LogP contribution in [-0.4, -0.2) is 39.5 Å². The fourth-order valence-electron chi connectivity index (χ4n) is 3.92. The van der Waals surface area contributed by atoms with Crippen molar-refractivity contribution in [1.29, 1.82) is 0 Å². The molecule has 0 spiro atoms. The van der Waals surface area contributed by atoms with Gasteiger partial charge in [-0.2, -0.15) is 0 Å². The van der Waals surface area contributed by atoms with Crippen LogP contribution in [0.15, 0.2) is 40.9 Å². The number of hydrogen-bond donors (Lipinski definition) is 2. The number of H-pyrrole nitrogens is 1. The summed E-state index contributed by atoms with van der Waals surface area (Å²) in [5, 5.41) is 7.75. The van der Waals surface area contributed by atoms with E-state index in [9.17, 15) is 4.79 Å². The number of likely N-dealkylation sites (tertiary alicyclic amines) is 1. The van der Waals surface area contributed by atoms with E-state index in [4.69, 9.17) is 9.51 Å². The van der Waals surface area contributed by atoms with Crippen LogP contribution < -0.4 is 5.32 Å². The van der Waals surface area contributed by atoms with Crippen molar-refractivity contribution in [3.8, 4) is 0 Å². The highest BCUT2D eigenvalue weighted by Gasteiger charge is 2.25. The van der Waals surface area contributed by atoms with E-state index in [1.165, 1.54) is 6.42 Å². The summed E-state index contributed by atoms with van der Waals surface area (Å²) in [5.74, 6) is 0.823. The topological polar surface area (TPSA) is 87.1 Å². The van der Waals surface area contributed by atoms with Crippen LogP contribution in [0.2, 0.25) is 0 Å². The lowest BCUT2D eigenvalue weighted by molar-refractivity contribution is 0.102. The van der Waals surface area contributed by atoms with Crippen molar-refractivity contribution in [2.45, 2.75) is 25.8 Å². The third-order valence-electron chi connectivity index (χ3n) is 5.51. The van der Waals surface area contributed by atoms with Gasteiger partial charge in [-0.05, 0) is 69.8 Å². The fourth-order valence-corrected chi connectivity index (χ4v) is 3.92. The van der Waals surface area contributed by atoms with E-state index in [1.807, 2.05) is 25.1 Å². The first-order valence-electron chi connectivity index (χ1n) is 9.46. The standard InChI is InChI=1S/C21H21N5O2/c1-12-15-10-13(5-8-19(15)28-25-12)21(27)22-14-6-7-16-17(11-14)24-20(23-16)18-4-3-9-26(18)2/h5-8,10-11,18H,3-4,9H2,1-2H3,(H,22,27)(H,23,24)/t18-/m1/s1. The van der Waals surface area contributed by atoms with Crippen LogP contribution in [0.5, 0.6) is 0 Å². The van der Waals surface area contributed by atoms with Gasteiger partial charge in [-0.15, -0.1) is 0 Å². The molecule has 1 aliphatic rings. The lowest BCUT2D eigenvalue weighted by atomic mass is 10.1. The lowest BCUT2D eigenvalue weighted by Crippen LogP contribution is -2.18. The quantitative estimate of drug-likeness (QED) is 0.564. The summed E-state index contributed by atoms with van der Waals surface area (Å²) in [5.41, 5.74) is 4.59. The molecular formula is C21H21N5O2. The maximum atomic E-state index is 12.7. The molecule has 0 bridgehead atoms. The van der Waals surface area contributed by atoms with E-state index < -0.39 is 0 Å². The van der Waals surface area contributed by atoms with Gasteiger partial charge >= 0.3 is 0 Å². The number of rotatable bonds is 3. The molecule has 0 radical (unpaired) electrons. The molecule has 2 N–H and O–H groups in total. The monoisotopic (exact) mass is 375 g/mol. The Morgan fingerprint density at radius 2 is 2.18 bits per heavy atom. The average Bonchev–Trinajstić information content (AvgIpc) is 3.39. The van der Waals surface area contributed by atoms with Crippen molar-refractivity contribution < 1.29 is 9.32 Å². The van der Waals surface area contributed by atoms with E-state index in [-0.39, 0.29) is 5.91 Å². The minimum Gasteiger partial charge on any atom is -0.356 e. The Hall–Kier alpha value is -3.19. The Labute approximate surface area is 161 Å². The Bertz CT molecular complexity index is 1190. The number of anilines is 1. The molecule has 2 aromatic carbocycles. The molecule has 5 rings (SSSR count). The molecule has 4 aromatic rings. The highest BCUT2D eigenvalue weighted by Crippen LogP contribution is 2.30. The zero-order chi connectivity index (χ0) is 19.3. The van der Waals surface area contributed by atoms with Gasteiger partial charge < -0.3 is 14.8 Å². The number of benzene rings is 2. The molecule has 0 saturated carbocycles. The average molecular weight is 375 g/mol. The Morgan fingerprint density at radius 1 is 1.29 bits per heavy atom. The van der Waals surface area contributed by atoms with E-state index >= 15 is 0 Å². The van der Waals surface area contributed by atoms with Gasteiger partial charge in [0.2, 0.25) is 0 Å². The molecule has 1 aliphatic heterocycles. The Morgan fingerprint density at radius 3 is 3.00 bits per heavy atom. The third kappa shape index (κ3) is 2.84. The van der Waals surface area contributed by atoms with Crippen molar-refractivity contribution >= 4 is 33.6 Å². The number of amides is 1. The number of imidazole rings is 1. The molecule has 3 heterocycles. The number of nitrogens with zero attached hydrogens (tertiary/aromatic N) is 3. The van der Waals surface area contributed by atoms with Crippen molar-refractivity contribution in [3.05, 3.63) is 53.5 Å². The molecule has 1 fully saturated rings. The smallest absolute Gasteiger partial charge is 0.255 e. The molecule has 0 aliphatic carbocycles. The minimum atomic E-state index is -0.169. The largest absolute Gasteiger partial charge is 0.356 e. The van der Waals surface area contributed by atoms with Gasteiger partial charge in [0.15, 0.2) is 5.58 Å². The van der Waals surface area contributed by atoms with E-state index in [2.05, 4.69) is 27.4 Å². The molecular weight excluding hydrogens is 354 g/mol. The second kappa shape index (κ2) is 6.45. The predicted octanol–water partition coefficient (Wildman–Crippen LogP) is 4.03. The fraction of sp³-hybridized carbons (Fsp3) is 0.286. The number of carbonyl (C=O) groups excluding carboxylic acids is 1. The van der Waals surface area contributed by atoms with Gasteiger partial charge in [-0.1, -0.05) is 5.16 Å². The van der Waals surface area contributed by atoms with E-state index in [0.717, 1.165) is 46.6 Å². The first-order chi connectivity index (χ1) is 13.6. The van der Waals surface area contributed by atoms with Gasteiger partial charge in [0, 0.05) is 16.6 Å². The Kier molecular flexibility index (Phi) is 3.91. The van der Waals surface area contributed by atoms with Gasteiger partial charge in [-0.3, -0.25) is 9.69 Å². The maximum Gasteiger partial charge on any atom is 0.255 e.